The van der Waals surface area contributed by atoms with Crippen LogP contribution in [0, 0.1) is 0 Å². The number of hydrogen-bond donors (Lipinski definition) is 1. The topological polar surface area (TPSA) is 32.3 Å². The van der Waals surface area contributed by atoms with Crippen molar-refractivity contribution in [1.29, 1.82) is 0 Å². The minimum Gasteiger partial charge on any atom is -0.314 e. The van der Waals surface area contributed by atoms with Gasteiger partial charge in [0.15, 0.2) is 0 Å². The van der Waals surface area contributed by atoms with E-state index in [-0.39, 0.29) is 0 Å². The van der Waals surface area contributed by atoms with Crippen molar-refractivity contribution in [2.45, 2.75) is 19.3 Å². The Labute approximate surface area is 109 Å². The maximum atomic E-state index is 11.8. The van der Waals surface area contributed by atoms with E-state index in [4.69, 9.17) is 0 Å². The van der Waals surface area contributed by atoms with Crippen molar-refractivity contribution in [2.75, 3.05) is 32.7 Å². The smallest absolute Gasteiger partial charge is 0.146 e. The van der Waals surface area contributed by atoms with Crippen LogP contribution < -0.4 is 5.32 Å². The first-order chi connectivity index (χ1) is 8.84. The molecule has 0 atom stereocenters. The molecule has 1 saturated heterocycles. The van der Waals surface area contributed by atoms with Crippen molar-refractivity contribution in [3.63, 3.8) is 0 Å². The van der Waals surface area contributed by atoms with Gasteiger partial charge in [0, 0.05) is 32.6 Å². The van der Waals surface area contributed by atoms with E-state index in [0.717, 1.165) is 39.0 Å². The van der Waals surface area contributed by atoms with Crippen LogP contribution in [0.1, 0.15) is 18.4 Å². The number of carbonyl (C=O) groups excluding carboxylic acids is 1. The van der Waals surface area contributed by atoms with Crippen LogP contribution in [0.15, 0.2) is 30.3 Å². The van der Waals surface area contributed by atoms with Gasteiger partial charge < -0.3 is 5.32 Å². The number of benzene rings is 1. The second-order valence-electron chi connectivity index (χ2n) is 4.90. The highest BCUT2D eigenvalue weighted by Crippen LogP contribution is 2.05. The summed E-state index contributed by atoms with van der Waals surface area (Å²) >= 11 is 0. The fourth-order valence-electron chi connectivity index (χ4n) is 2.33. The van der Waals surface area contributed by atoms with E-state index in [1.54, 1.807) is 0 Å². The number of piperazine rings is 1. The Bertz CT molecular complexity index is 358. The molecule has 1 aromatic rings. The van der Waals surface area contributed by atoms with Gasteiger partial charge in [0.05, 0.1) is 6.54 Å². The lowest BCUT2D eigenvalue weighted by Crippen LogP contribution is -2.45. The maximum absolute atomic E-state index is 11.8. The molecule has 1 fully saturated rings. The summed E-state index contributed by atoms with van der Waals surface area (Å²) in [6.07, 6.45) is 2.68. The Morgan fingerprint density at radius 1 is 1.17 bits per heavy atom. The van der Waals surface area contributed by atoms with E-state index < -0.39 is 0 Å². The van der Waals surface area contributed by atoms with Gasteiger partial charge in [-0.1, -0.05) is 30.3 Å². The Morgan fingerprint density at radius 3 is 2.61 bits per heavy atom. The molecule has 3 nitrogen and oxygen atoms in total. The molecule has 0 saturated carbocycles. The molecule has 0 amide bonds. The van der Waals surface area contributed by atoms with Gasteiger partial charge >= 0.3 is 0 Å². The molecule has 1 aromatic carbocycles. The van der Waals surface area contributed by atoms with Crippen molar-refractivity contribution in [2.24, 2.45) is 0 Å². The standard InChI is InChI=1S/C15H22N2O/c18-15(13-17-11-9-16-10-12-17)8-4-7-14-5-2-1-3-6-14/h1-3,5-6,16H,4,7-13H2. The summed E-state index contributed by atoms with van der Waals surface area (Å²) in [5.41, 5.74) is 1.33. The van der Waals surface area contributed by atoms with E-state index in [0.29, 0.717) is 18.7 Å². The molecule has 1 heterocycles. The SMILES string of the molecule is O=C(CCCc1ccccc1)CN1CCNCC1. The molecule has 18 heavy (non-hydrogen) atoms. The highest BCUT2D eigenvalue weighted by molar-refractivity contribution is 5.80. The van der Waals surface area contributed by atoms with Crippen molar-refractivity contribution in [1.82, 2.24) is 10.2 Å². The van der Waals surface area contributed by atoms with Crippen LogP contribution in [0.2, 0.25) is 0 Å². The van der Waals surface area contributed by atoms with Gasteiger partial charge in [0.25, 0.3) is 0 Å². The molecule has 0 aliphatic carbocycles. The van der Waals surface area contributed by atoms with E-state index in [2.05, 4.69) is 34.5 Å². The van der Waals surface area contributed by atoms with Crippen LogP contribution >= 0.6 is 0 Å². The van der Waals surface area contributed by atoms with Gasteiger partial charge in [0.2, 0.25) is 0 Å². The van der Waals surface area contributed by atoms with Gasteiger partial charge in [-0.2, -0.15) is 0 Å². The largest absolute Gasteiger partial charge is 0.314 e. The van der Waals surface area contributed by atoms with Gasteiger partial charge in [-0.15, -0.1) is 0 Å². The van der Waals surface area contributed by atoms with Crippen molar-refractivity contribution >= 4 is 5.78 Å². The molecule has 3 heteroatoms. The first kappa shape index (κ1) is 13.2. The van der Waals surface area contributed by atoms with Crippen LogP contribution in [0.25, 0.3) is 0 Å². The zero-order chi connectivity index (χ0) is 12.6. The van der Waals surface area contributed by atoms with Gasteiger partial charge in [-0.25, -0.2) is 0 Å². The Hall–Kier alpha value is -1.19. The molecule has 0 spiro atoms. The third-order valence-electron chi connectivity index (χ3n) is 3.37. The van der Waals surface area contributed by atoms with Crippen LogP contribution in [-0.4, -0.2) is 43.4 Å². The fraction of sp³-hybridized carbons (Fsp3) is 0.533. The molecular weight excluding hydrogens is 224 g/mol. The summed E-state index contributed by atoms with van der Waals surface area (Å²) in [6.45, 7) is 4.67. The monoisotopic (exact) mass is 246 g/mol. The number of hydrogen-bond acceptors (Lipinski definition) is 3. The first-order valence-corrected chi connectivity index (χ1v) is 6.83. The number of Topliss-reactive ketones (excluding diaryl/α,β-unsaturated/α-hetero) is 1. The first-order valence-electron chi connectivity index (χ1n) is 6.83. The van der Waals surface area contributed by atoms with Crippen LogP contribution in [0.5, 0.6) is 0 Å². The van der Waals surface area contributed by atoms with E-state index in [1.807, 2.05) is 6.07 Å². The Morgan fingerprint density at radius 2 is 1.89 bits per heavy atom. The number of nitrogens with zero attached hydrogens (tertiary/aromatic N) is 1. The number of ketones is 1. The molecule has 1 aliphatic rings. The Balaban J connectivity index is 1.62. The minimum atomic E-state index is 0.382. The number of aryl methyl sites for hydroxylation is 1. The molecule has 0 bridgehead atoms. The van der Waals surface area contributed by atoms with Crippen LogP contribution in [-0.2, 0) is 11.2 Å². The maximum Gasteiger partial charge on any atom is 0.146 e. The molecule has 98 valence electrons. The van der Waals surface area contributed by atoms with Crippen LogP contribution in [0.3, 0.4) is 0 Å². The molecule has 0 radical (unpaired) electrons. The highest BCUT2D eigenvalue weighted by atomic mass is 16.1. The molecular formula is C15H22N2O. The predicted octanol–water partition coefficient (Wildman–Crippen LogP) is 1.48. The van der Waals surface area contributed by atoms with E-state index in [9.17, 15) is 4.79 Å². The predicted molar refractivity (Wildman–Crippen MR) is 73.7 cm³/mol. The van der Waals surface area contributed by atoms with Crippen molar-refractivity contribution in [3.8, 4) is 0 Å². The highest BCUT2D eigenvalue weighted by Gasteiger charge is 2.12. The summed E-state index contributed by atoms with van der Waals surface area (Å²) in [5.74, 6) is 0.382. The summed E-state index contributed by atoms with van der Waals surface area (Å²) < 4.78 is 0. The van der Waals surface area contributed by atoms with E-state index in [1.165, 1.54) is 5.56 Å². The zero-order valence-electron chi connectivity index (χ0n) is 10.9. The van der Waals surface area contributed by atoms with E-state index >= 15 is 0 Å². The zero-order valence-corrected chi connectivity index (χ0v) is 10.9. The molecule has 0 aromatic heterocycles. The number of nitrogens with one attached hydrogen (secondary N) is 1. The molecule has 2 rings (SSSR count). The quantitative estimate of drug-likeness (QED) is 0.825. The average Bonchev–Trinajstić information content (AvgIpc) is 2.41. The second-order valence-corrected chi connectivity index (χ2v) is 4.90. The third-order valence-corrected chi connectivity index (χ3v) is 3.37. The van der Waals surface area contributed by atoms with Gasteiger partial charge in [-0.05, 0) is 18.4 Å². The van der Waals surface area contributed by atoms with Crippen LogP contribution in [0.4, 0.5) is 0 Å². The summed E-state index contributed by atoms with van der Waals surface area (Å²) in [6, 6.07) is 10.4. The second kappa shape index (κ2) is 7.29. The summed E-state index contributed by atoms with van der Waals surface area (Å²) in [4.78, 5) is 14.1. The van der Waals surface area contributed by atoms with Crippen molar-refractivity contribution < 1.29 is 4.79 Å². The van der Waals surface area contributed by atoms with Gasteiger partial charge in [-0.3, -0.25) is 9.69 Å². The minimum absolute atomic E-state index is 0.382. The van der Waals surface area contributed by atoms with Gasteiger partial charge in [0.1, 0.15) is 5.78 Å². The molecule has 0 unspecified atom stereocenters. The normalized spacial score (nSPS) is 16.7. The Kier molecular flexibility index (Phi) is 5.36. The summed E-state index contributed by atoms with van der Waals surface area (Å²) in [5, 5.41) is 3.30. The summed E-state index contributed by atoms with van der Waals surface area (Å²) in [7, 11) is 0. The lowest BCUT2D eigenvalue weighted by molar-refractivity contribution is -0.120. The number of carbonyl (C=O) groups is 1. The molecule has 1 N–H and O–H groups in total. The number of rotatable bonds is 6. The fourth-order valence-corrected chi connectivity index (χ4v) is 2.33. The third kappa shape index (κ3) is 4.59. The van der Waals surface area contributed by atoms with Crippen molar-refractivity contribution in [3.05, 3.63) is 35.9 Å². The lowest BCUT2D eigenvalue weighted by Gasteiger charge is -2.26. The average molecular weight is 246 g/mol. The molecule has 1 aliphatic heterocycles. The lowest BCUT2D eigenvalue weighted by atomic mass is 10.1.